The number of nitrogens with one attached hydrogen (secondary N) is 1. The fraction of sp³-hybridized carbons (Fsp3) is 0.312. The molecule has 0 spiro atoms. The van der Waals surface area contributed by atoms with Gasteiger partial charge in [-0.2, -0.15) is 0 Å². The van der Waals surface area contributed by atoms with Crippen LogP contribution in [0, 0.1) is 0 Å². The number of hydrogen-bond donors (Lipinski definition) is 1. The Morgan fingerprint density at radius 1 is 1.36 bits per heavy atom. The monoisotopic (exact) mass is 335 g/mol. The molecular formula is C16H17NO3S2. The summed E-state index contributed by atoms with van der Waals surface area (Å²) in [6.45, 7) is 3.77. The van der Waals surface area contributed by atoms with Crippen LogP contribution in [0.15, 0.2) is 39.9 Å². The Bertz CT molecular complexity index is 723. The zero-order chi connectivity index (χ0) is 15.7. The van der Waals surface area contributed by atoms with Crippen LogP contribution in [-0.4, -0.2) is 15.9 Å². The maximum Gasteiger partial charge on any atom is 0.412 e. The minimum absolute atomic E-state index is 0.432. The molecule has 1 aliphatic heterocycles. The average molecular weight is 335 g/mol. The van der Waals surface area contributed by atoms with Crippen LogP contribution in [0.25, 0.3) is 0 Å². The predicted molar refractivity (Wildman–Crippen MR) is 88.8 cm³/mol. The van der Waals surface area contributed by atoms with Gasteiger partial charge in [0.2, 0.25) is 0 Å². The van der Waals surface area contributed by atoms with E-state index in [0.29, 0.717) is 12.2 Å². The van der Waals surface area contributed by atoms with Gasteiger partial charge >= 0.3 is 6.09 Å². The minimum Gasteiger partial charge on any atom is -0.443 e. The highest BCUT2D eigenvalue weighted by molar-refractivity contribution is 7.86. The van der Waals surface area contributed by atoms with Crippen molar-refractivity contribution in [2.75, 3.05) is 5.32 Å². The molecule has 0 saturated heterocycles. The molecule has 6 heteroatoms. The van der Waals surface area contributed by atoms with E-state index in [9.17, 15) is 9.00 Å². The van der Waals surface area contributed by atoms with Gasteiger partial charge in [0.05, 0.1) is 20.8 Å². The molecule has 2 heterocycles. The standard InChI is InChI=1S/C16H17NO3S2/c1-16(2)9-12-8-11(5-6-13(12)17-15(18)20-16)10-22(19)14-4-3-7-21-14/h3-8H,9-10H2,1-2H3,(H,17,18). The molecular weight excluding hydrogens is 318 g/mol. The molecule has 4 nitrogen and oxygen atoms in total. The zero-order valence-electron chi connectivity index (χ0n) is 12.4. The van der Waals surface area contributed by atoms with E-state index in [1.807, 2.05) is 49.6 Å². The first kappa shape index (κ1) is 15.2. The van der Waals surface area contributed by atoms with Gasteiger partial charge in [0, 0.05) is 12.1 Å². The Morgan fingerprint density at radius 2 is 2.18 bits per heavy atom. The second-order valence-electron chi connectivity index (χ2n) is 5.86. The number of amides is 1. The summed E-state index contributed by atoms with van der Waals surface area (Å²) in [5.74, 6) is 0.475. The van der Waals surface area contributed by atoms with Gasteiger partial charge in [-0.3, -0.25) is 9.53 Å². The molecule has 2 aromatic rings. The first-order valence-electron chi connectivity index (χ1n) is 6.97. The quantitative estimate of drug-likeness (QED) is 0.924. The van der Waals surface area contributed by atoms with Crippen LogP contribution >= 0.6 is 11.3 Å². The summed E-state index contributed by atoms with van der Waals surface area (Å²) in [6, 6.07) is 9.57. The smallest absolute Gasteiger partial charge is 0.412 e. The molecule has 1 aromatic carbocycles. The van der Waals surface area contributed by atoms with E-state index in [1.54, 1.807) is 0 Å². The second-order valence-corrected chi connectivity index (χ2v) is 8.49. The average Bonchev–Trinajstić information content (AvgIpc) is 2.91. The highest BCUT2D eigenvalue weighted by atomic mass is 32.2. The van der Waals surface area contributed by atoms with Gasteiger partial charge in [0.15, 0.2) is 0 Å². The van der Waals surface area contributed by atoms with Crippen molar-refractivity contribution < 1.29 is 13.7 Å². The number of cyclic esters (lactones) is 1. The van der Waals surface area contributed by atoms with Crippen molar-refractivity contribution in [3.8, 4) is 0 Å². The Hall–Kier alpha value is -1.66. The van der Waals surface area contributed by atoms with E-state index >= 15 is 0 Å². The van der Waals surface area contributed by atoms with Crippen molar-refractivity contribution in [3.05, 3.63) is 46.8 Å². The Kier molecular flexibility index (Phi) is 4.06. The van der Waals surface area contributed by atoms with Crippen LogP contribution in [0.3, 0.4) is 0 Å². The molecule has 0 radical (unpaired) electrons. The lowest BCUT2D eigenvalue weighted by atomic mass is 9.96. The van der Waals surface area contributed by atoms with Gasteiger partial charge in [-0.05, 0) is 42.5 Å². The van der Waals surface area contributed by atoms with E-state index in [-0.39, 0.29) is 0 Å². The summed E-state index contributed by atoms with van der Waals surface area (Å²) in [6.07, 6.45) is 0.194. The van der Waals surface area contributed by atoms with Crippen LogP contribution in [-0.2, 0) is 27.7 Å². The minimum atomic E-state index is -1.03. The Morgan fingerprint density at radius 3 is 2.91 bits per heavy atom. The van der Waals surface area contributed by atoms with Gasteiger partial charge in [0.25, 0.3) is 0 Å². The van der Waals surface area contributed by atoms with Crippen LogP contribution in [0.2, 0.25) is 0 Å². The van der Waals surface area contributed by atoms with Gasteiger partial charge in [0.1, 0.15) is 5.60 Å². The van der Waals surface area contributed by atoms with Crippen molar-refractivity contribution in [2.24, 2.45) is 0 Å². The van der Waals surface area contributed by atoms with Gasteiger partial charge in [-0.15, -0.1) is 11.3 Å². The maximum absolute atomic E-state index is 12.3. The number of ether oxygens (including phenoxy) is 1. The number of benzene rings is 1. The van der Waals surface area contributed by atoms with Crippen LogP contribution < -0.4 is 5.32 Å². The van der Waals surface area contributed by atoms with Crippen molar-refractivity contribution in [2.45, 2.75) is 35.8 Å². The lowest BCUT2D eigenvalue weighted by Gasteiger charge is -2.21. The van der Waals surface area contributed by atoms with Gasteiger partial charge in [-0.25, -0.2) is 4.79 Å². The van der Waals surface area contributed by atoms with Crippen molar-refractivity contribution in [1.82, 2.24) is 0 Å². The Labute approximate surface area is 136 Å². The van der Waals surface area contributed by atoms with Crippen LogP contribution in [0.4, 0.5) is 10.5 Å². The third kappa shape index (κ3) is 3.39. The molecule has 0 aliphatic carbocycles. The highest BCUT2D eigenvalue weighted by Crippen LogP contribution is 2.29. The fourth-order valence-electron chi connectivity index (χ4n) is 2.50. The van der Waals surface area contributed by atoms with Crippen molar-refractivity contribution in [1.29, 1.82) is 0 Å². The summed E-state index contributed by atoms with van der Waals surface area (Å²) in [7, 11) is -1.03. The molecule has 3 rings (SSSR count). The summed E-state index contributed by atoms with van der Waals surface area (Å²) in [4.78, 5) is 11.7. The largest absolute Gasteiger partial charge is 0.443 e. The number of carbonyl (C=O) groups excluding carboxylic acids is 1. The third-order valence-corrected chi connectivity index (χ3v) is 6.10. The van der Waals surface area contributed by atoms with E-state index in [1.165, 1.54) is 11.3 Å². The predicted octanol–water partition coefficient (Wildman–Crippen LogP) is 3.94. The van der Waals surface area contributed by atoms with Crippen LogP contribution in [0.5, 0.6) is 0 Å². The summed E-state index contributed by atoms with van der Waals surface area (Å²) in [5, 5.41) is 4.68. The molecule has 0 bridgehead atoms. The zero-order valence-corrected chi connectivity index (χ0v) is 14.1. The Balaban J connectivity index is 1.86. The molecule has 0 fully saturated rings. The van der Waals surface area contributed by atoms with E-state index in [4.69, 9.17) is 4.74 Å². The van der Waals surface area contributed by atoms with Crippen LogP contribution in [0.1, 0.15) is 25.0 Å². The van der Waals surface area contributed by atoms with E-state index in [0.717, 1.165) is 21.0 Å². The molecule has 1 aromatic heterocycles. The number of fused-ring (bicyclic) bond motifs is 1. The third-order valence-electron chi connectivity index (χ3n) is 3.41. The first-order chi connectivity index (χ1) is 10.4. The summed E-state index contributed by atoms with van der Waals surface area (Å²) in [5.41, 5.74) is 2.22. The molecule has 0 saturated carbocycles. The number of carbonyl (C=O) groups is 1. The molecule has 1 N–H and O–H groups in total. The molecule has 1 amide bonds. The fourth-order valence-corrected chi connectivity index (χ4v) is 4.58. The summed E-state index contributed by atoms with van der Waals surface area (Å²) < 4.78 is 18.6. The number of anilines is 1. The van der Waals surface area contributed by atoms with E-state index < -0.39 is 22.5 Å². The normalized spacial score (nSPS) is 17.8. The SMILES string of the molecule is CC1(C)Cc2cc(CS(=O)c3cccs3)ccc2NC(=O)O1. The lowest BCUT2D eigenvalue weighted by Crippen LogP contribution is -2.29. The number of rotatable bonds is 3. The van der Waals surface area contributed by atoms with Crippen molar-refractivity contribution >= 4 is 33.9 Å². The summed E-state index contributed by atoms with van der Waals surface area (Å²) >= 11 is 1.51. The molecule has 1 atom stereocenters. The molecule has 1 aliphatic rings. The number of hydrogen-bond acceptors (Lipinski definition) is 4. The molecule has 22 heavy (non-hydrogen) atoms. The number of thiophene rings is 1. The lowest BCUT2D eigenvalue weighted by molar-refractivity contribution is 0.0519. The van der Waals surface area contributed by atoms with Gasteiger partial charge < -0.3 is 4.74 Å². The van der Waals surface area contributed by atoms with Crippen molar-refractivity contribution in [3.63, 3.8) is 0 Å². The topological polar surface area (TPSA) is 55.4 Å². The molecule has 1 unspecified atom stereocenters. The first-order valence-corrected chi connectivity index (χ1v) is 9.16. The second kappa shape index (κ2) is 5.85. The van der Waals surface area contributed by atoms with E-state index in [2.05, 4.69) is 5.32 Å². The molecule has 116 valence electrons. The highest BCUT2D eigenvalue weighted by Gasteiger charge is 2.28. The maximum atomic E-state index is 12.3. The van der Waals surface area contributed by atoms with Gasteiger partial charge in [-0.1, -0.05) is 18.2 Å².